The molecule has 2 aromatic carbocycles. The number of nitrogens with one attached hydrogen (secondary N) is 2. The van der Waals surface area contributed by atoms with Crippen molar-refractivity contribution in [1.29, 1.82) is 0 Å². The van der Waals surface area contributed by atoms with Gasteiger partial charge in [0, 0.05) is 24.1 Å². The number of anilines is 1. The highest BCUT2D eigenvalue weighted by molar-refractivity contribution is 7.12. The predicted molar refractivity (Wildman–Crippen MR) is 115 cm³/mol. The minimum Gasteiger partial charge on any atom is -0.350 e. The van der Waals surface area contributed by atoms with Crippen LogP contribution in [0.4, 0.5) is 5.69 Å². The first-order chi connectivity index (χ1) is 14.0. The smallest absolute Gasteiger partial charge is 0.255 e. The third kappa shape index (κ3) is 5.86. The maximum atomic E-state index is 12.3. The molecule has 1 aromatic heterocycles. The maximum absolute atomic E-state index is 12.3. The Morgan fingerprint density at radius 3 is 2.45 bits per heavy atom. The highest BCUT2D eigenvalue weighted by Crippen LogP contribution is 2.19. The van der Waals surface area contributed by atoms with Crippen LogP contribution in [-0.4, -0.2) is 17.6 Å². The van der Waals surface area contributed by atoms with Crippen LogP contribution >= 0.6 is 11.3 Å². The number of benzene rings is 2. The van der Waals surface area contributed by atoms with Crippen LogP contribution in [0.25, 0.3) is 0 Å². The third-order valence-electron chi connectivity index (χ3n) is 4.43. The van der Waals surface area contributed by atoms with Gasteiger partial charge in [-0.2, -0.15) is 0 Å². The van der Waals surface area contributed by atoms with Gasteiger partial charge < -0.3 is 10.6 Å². The summed E-state index contributed by atoms with van der Waals surface area (Å²) >= 11 is 1.38. The molecule has 5 nitrogen and oxygen atoms in total. The average Bonchev–Trinajstić information content (AvgIpc) is 3.28. The maximum Gasteiger partial charge on any atom is 0.255 e. The topological polar surface area (TPSA) is 75.3 Å². The summed E-state index contributed by atoms with van der Waals surface area (Å²) in [5.74, 6) is -0.388. The molecule has 0 unspecified atom stereocenters. The van der Waals surface area contributed by atoms with E-state index in [1.54, 1.807) is 24.3 Å². The molecular formula is C23H22N2O3S. The molecule has 148 valence electrons. The Bertz CT molecular complexity index is 984. The van der Waals surface area contributed by atoms with E-state index in [1.807, 2.05) is 54.8 Å². The molecule has 0 bridgehead atoms. The number of rotatable bonds is 8. The number of hydrogen-bond donors (Lipinski definition) is 2. The quantitative estimate of drug-likeness (QED) is 0.526. The molecule has 1 heterocycles. The van der Waals surface area contributed by atoms with Crippen LogP contribution in [-0.2, 0) is 4.79 Å². The Balaban J connectivity index is 1.54. The lowest BCUT2D eigenvalue weighted by molar-refractivity contribution is -0.121. The van der Waals surface area contributed by atoms with E-state index in [0.717, 1.165) is 5.56 Å². The van der Waals surface area contributed by atoms with Gasteiger partial charge in [-0.3, -0.25) is 14.4 Å². The van der Waals surface area contributed by atoms with Gasteiger partial charge >= 0.3 is 0 Å². The highest BCUT2D eigenvalue weighted by atomic mass is 32.1. The van der Waals surface area contributed by atoms with Crippen LogP contribution in [0, 0.1) is 0 Å². The summed E-state index contributed by atoms with van der Waals surface area (Å²) in [4.78, 5) is 37.2. The van der Waals surface area contributed by atoms with Crippen LogP contribution in [0.15, 0.2) is 72.1 Å². The molecule has 3 aromatic rings. The second-order valence-corrected chi connectivity index (χ2v) is 7.58. The number of thiophene rings is 1. The Hall–Kier alpha value is -3.25. The minimum absolute atomic E-state index is 0.0200. The van der Waals surface area contributed by atoms with E-state index in [1.165, 1.54) is 11.3 Å². The lowest BCUT2D eigenvalue weighted by Gasteiger charge is -2.15. The molecule has 0 spiro atoms. The van der Waals surface area contributed by atoms with Gasteiger partial charge in [-0.05, 0) is 48.2 Å². The van der Waals surface area contributed by atoms with Crippen LogP contribution in [0.2, 0.25) is 0 Å². The largest absolute Gasteiger partial charge is 0.350 e. The number of Topliss-reactive ketones (excluding diaryl/α,β-unsaturated/α-hetero) is 1. The number of carbonyl (C=O) groups excluding carboxylic acids is 3. The fourth-order valence-electron chi connectivity index (χ4n) is 2.86. The zero-order chi connectivity index (χ0) is 20.6. The molecule has 0 aliphatic heterocycles. The van der Waals surface area contributed by atoms with Crippen molar-refractivity contribution < 1.29 is 14.4 Å². The van der Waals surface area contributed by atoms with Crippen LogP contribution < -0.4 is 10.6 Å². The van der Waals surface area contributed by atoms with E-state index in [2.05, 4.69) is 10.6 Å². The first-order valence-corrected chi connectivity index (χ1v) is 10.2. The lowest BCUT2D eigenvalue weighted by Crippen LogP contribution is -2.27. The summed E-state index contributed by atoms with van der Waals surface area (Å²) in [5, 5.41) is 7.62. The third-order valence-corrected chi connectivity index (χ3v) is 5.34. The standard InChI is InChI=1S/C23H22N2O3S/c1-16(24-22(27)13-12-20(26)21-11-6-14-29-21)18-9-5-10-19(15-18)25-23(28)17-7-3-2-4-8-17/h2-11,14-16H,12-13H2,1H3,(H,24,27)(H,25,28)/t16-/m0/s1. The van der Waals surface area contributed by atoms with Gasteiger partial charge in [0.2, 0.25) is 5.91 Å². The number of hydrogen-bond acceptors (Lipinski definition) is 4. The van der Waals surface area contributed by atoms with Crippen molar-refractivity contribution in [2.75, 3.05) is 5.32 Å². The molecule has 29 heavy (non-hydrogen) atoms. The van der Waals surface area contributed by atoms with Gasteiger partial charge in [0.1, 0.15) is 0 Å². The summed E-state index contributed by atoms with van der Waals surface area (Å²) in [6.45, 7) is 1.87. The average molecular weight is 407 g/mol. The van der Waals surface area contributed by atoms with Gasteiger partial charge in [-0.15, -0.1) is 11.3 Å². The molecule has 0 aliphatic rings. The first kappa shape index (κ1) is 20.5. The number of ketones is 1. The summed E-state index contributed by atoms with van der Waals surface area (Å²) < 4.78 is 0. The Morgan fingerprint density at radius 2 is 1.72 bits per heavy atom. The second kappa shape index (κ2) is 9.80. The summed E-state index contributed by atoms with van der Waals surface area (Å²) in [6.07, 6.45) is 0.331. The monoisotopic (exact) mass is 406 g/mol. The van der Waals surface area contributed by atoms with Gasteiger partial charge in [0.05, 0.1) is 10.9 Å². The molecule has 0 fully saturated rings. The van der Waals surface area contributed by atoms with Crippen molar-refractivity contribution in [2.45, 2.75) is 25.8 Å². The van der Waals surface area contributed by atoms with Crippen molar-refractivity contribution >= 4 is 34.6 Å². The van der Waals surface area contributed by atoms with Crippen molar-refractivity contribution in [2.24, 2.45) is 0 Å². The van der Waals surface area contributed by atoms with E-state index in [4.69, 9.17) is 0 Å². The van der Waals surface area contributed by atoms with Gasteiger partial charge in [0.25, 0.3) is 5.91 Å². The highest BCUT2D eigenvalue weighted by Gasteiger charge is 2.14. The summed E-state index contributed by atoms with van der Waals surface area (Å²) in [5.41, 5.74) is 2.11. The van der Waals surface area contributed by atoms with Gasteiger partial charge in [-0.25, -0.2) is 0 Å². The Kier molecular flexibility index (Phi) is 6.92. The minimum atomic E-state index is -0.243. The molecule has 6 heteroatoms. The van der Waals surface area contributed by atoms with Gasteiger partial charge in [-0.1, -0.05) is 36.4 Å². The molecule has 3 rings (SSSR count). The Labute approximate surface area is 173 Å². The predicted octanol–water partition coefficient (Wildman–Crippen LogP) is 4.84. The first-order valence-electron chi connectivity index (χ1n) is 9.35. The molecule has 1 atom stereocenters. The zero-order valence-corrected chi connectivity index (χ0v) is 16.9. The van der Waals surface area contributed by atoms with Crippen LogP contribution in [0.5, 0.6) is 0 Å². The molecule has 2 N–H and O–H groups in total. The van der Waals surface area contributed by atoms with E-state index in [0.29, 0.717) is 16.1 Å². The summed E-state index contributed by atoms with van der Waals surface area (Å²) in [7, 11) is 0. The van der Waals surface area contributed by atoms with E-state index >= 15 is 0 Å². The fraction of sp³-hybridized carbons (Fsp3) is 0.174. The van der Waals surface area contributed by atoms with Crippen molar-refractivity contribution in [3.63, 3.8) is 0 Å². The van der Waals surface area contributed by atoms with Crippen molar-refractivity contribution in [1.82, 2.24) is 5.32 Å². The number of carbonyl (C=O) groups is 3. The normalized spacial score (nSPS) is 11.5. The van der Waals surface area contributed by atoms with Crippen molar-refractivity contribution in [3.8, 4) is 0 Å². The number of amides is 2. The van der Waals surface area contributed by atoms with Crippen molar-refractivity contribution in [3.05, 3.63) is 88.1 Å². The second-order valence-electron chi connectivity index (χ2n) is 6.64. The SMILES string of the molecule is C[C@H](NC(=O)CCC(=O)c1cccs1)c1cccc(NC(=O)c2ccccc2)c1. The van der Waals surface area contributed by atoms with Crippen LogP contribution in [0.1, 0.15) is 51.4 Å². The molecule has 0 radical (unpaired) electrons. The molecule has 0 saturated carbocycles. The molecule has 0 aliphatic carbocycles. The Morgan fingerprint density at radius 1 is 0.931 bits per heavy atom. The van der Waals surface area contributed by atoms with E-state index < -0.39 is 0 Å². The van der Waals surface area contributed by atoms with E-state index in [-0.39, 0.29) is 36.5 Å². The summed E-state index contributed by atoms with van der Waals surface area (Å²) in [6, 6.07) is 19.7. The van der Waals surface area contributed by atoms with E-state index in [9.17, 15) is 14.4 Å². The lowest BCUT2D eigenvalue weighted by atomic mass is 10.1. The zero-order valence-electron chi connectivity index (χ0n) is 16.1. The van der Waals surface area contributed by atoms with Gasteiger partial charge in [0.15, 0.2) is 5.78 Å². The molecule has 2 amide bonds. The molecular weight excluding hydrogens is 384 g/mol. The fourth-order valence-corrected chi connectivity index (χ4v) is 3.56. The van der Waals surface area contributed by atoms with Crippen LogP contribution in [0.3, 0.4) is 0 Å². The molecule has 0 saturated heterocycles.